The van der Waals surface area contributed by atoms with Gasteiger partial charge in [0.2, 0.25) is 17.7 Å². The Morgan fingerprint density at radius 1 is 0.763 bits per heavy atom. The normalized spacial score (nSPS) is 12.6. The fourth-order valence-electron chi connectivity index (χ4n) is 4.94. The van der Waals surface area contributed by atoms with Gasteiger partial charge >= 0.3 is 0 Å². The molecule has 190 valence electrons. The lowest BCUT2D eigenvalue weighted by Crippen LogP contribution is -2.14. The molecule has 3 aromatic carbocycles. The van der Waals surface area contributed by atoms with Crippen molar-refractivity contribution >= 4 is 34.8 Å². The molecule has 1 N–H and O–H groups in total. The molecular formula is C29H23Cl2N5O2. The van der Waals surface area contributed by atoms with Crippen molar-refractivity contribution in [3.63, 3.8) is 0 Å². The molecule has 0 saturated carbocycles. The van der Waals surface area contributed by atoms with E-state index >= 15 is 0 Å². The average Bonchev–Trinajstić information content (AvgIpc) is 3.41. The standard InChI is InChI=1S/C29H23Cl2N5O2/c1-16-25-27(19-4-10-22(11-5-19)32-18(3)37)26-17(2)34-36(24-14-8-21(31)9-15-24)29(26)38-28(25)35(33-16)23-12-6-20(30)7-13-23/h4-15,27H,1-3H3,(H,32,37). The number of carbonyl (C=O) groups excluding carboxylic acids is 1. The van der Waals surface area contributed by atoms with Crippen molar-refractivity contribution in [2.24, 2.45) is 0 Å². The topological polar surface area (TPSA) is 74.0 Å². The molecule has 1 aliphatic rings. The van der Waals surface area contributed by atoms with E-state index in [9.17, 15) is 4.79 Å². The van der Waals surface area contributed by atoms with E-state index in [1.165, 1.54) is 6.92 Å². The molecule has 0 atom stereocenters. The van der Waals surface area contributed by atoms with Gasteiger partial charge in [-0.2, -0.15) is 10.2 Å². The number of halogens is 2. The molecule has 38 heavy (non-hydrogen) atoms. The van der Waals surface area contributed by atoms with Crippen molar-refractivity contribution in [2.75, 3.05) is 5.32 Å². The van der Waals surface area contributed by atoms with Crippen LogP contribution in [0.4, 0.5) is 5.69 Å². The number of carbonyl (C=O) groups is 1. The van der Waals surface area contributed by atoms with E-state index in [2.05, 4.69) is 5.32 Å². The fraction of sp³-hybridized carbons (Fsp3) is 0.138. The second-order valence-electron chi connectivity index (χ2n) is 9.22. The number of anilines is 1. The maximum absolute atomic E-state index is 11.6. The van der Waals surface area contributed by atoms with E-state index in [1.54, 1.807) is 9.36 Å². The van der Waals surface area contributed by atoms with Crippen LogP contribution in [-0.4, -0.2) is 25.5 Å². The van der Waals surface area contributed by atoms with Gasteiger partial charge in [-0.1, -0.05) is 35.3 Å². The summed E-state index contributed by atoms with van der Waals surface area (Å²) in [6.45, 7) is 5.46. The van der Waals surface area contributed by atoms with E-state index in [-0.39, 0.29) is 11.8 Å². The Balaban J connectivity index is 1.57. The summed E-state index contributed by atoms with van der Waals surface area (Å²) >= 11 is 12.3. The molecule has 1 aliphatic heterocycles. The number of amides is 1. The van der Waals surface area contributed by atoms with Gasteiger partial charge < -0.3 is 10.1 Å². The van der Waals surface area contributed by atoms with Gasteiger partial charge in [0, 0.05) is 39.7 Å². The quantitative estimate of drug-likeness (QED) is 0.254. The summed E-state index contributed by atoms with van der Waals surface area (Å²) in [4.78, 5) is 11.6. The first-order chi connectivity index (χ1) is 18.3. The van der Waals surface area contributed by atoms with Crippen molar-refractivity contribution in [3.8, 4) is 23.1 Å². The third kappa shape index (κ3) is 4.14. The van der Waals surface area contributed by atoms with Crippen molar-refractivity contribution < 1.29 is 9.53 Å². The first-order valence-corrected chi connectivity index (χ1v) is 12.8. The lowest BCUT2D eigenvalue weighted by molar-refractivity contribution is -0.114. The highest BCUT2D eigenvalue weighted by Gasteiger charge is 2.39. The van der Waals surface area contributed by atoms with Crippen molar-refractivity contribution in [3.05, 3.63) is 111 Å². The van der Waals surface area contributed by atoms with Crippen LogP contribution >= 0.6 is 23.2 Å². The molecule has 7 nitrogen and oxygen atoms in total. The minimum atomic E-state index is -0.192. The van der Waals surface area contributed by atoms with Gasteiger partial charge in [-0.3, -0.25) is 4.79 Å². The predicted octanol–water partition coefficient (Wildman–Crippen LogP) is 7.23. The molecular weight excluding hydrogens is 521 g/mol. The number of rotatable bonds is 4. The number of aryl methyl sites for hydroxylation is 2. The van der Waals surface area contributed by atoms with E-state index in [0.29, 0.717) is 21.8 Å². The van der Waals surface area contributed by atoms with Crippen LogP contribution in [0.15, 0.2) is 72.8 Å². The summed E-state index contributed by atoms with van der Waals surface area (Å²) in [5, 5.41) is 13.9. The molecule has 0 aliphatic carbocycles. The van der Waals surface area contributed by atoms with Gasteiger partial charge in [0.1, 0.15) is 0 Å². The number of nitrogens with one attached hydrogen (secondary N) is 1. The largest absolute Gasteiger partial charge is 0.420 e. The van der Waals surface area contributed by atoms with Crippen molar-refractivity contribution in [1.29, 1.82) is 0 Å². The zero-order chi connectivity index (χ0) is 26.6. The van der Waals surface area contributed by atoms with Gasteiger partial charge in [0.15, 0.2) is 0 Å². The lowest BCUT2D eigenvalue weighted by Gasteiger charge is -2.26. The Kier molecular flexibility index (Phi) is 5.97. The van der Waals surface area contributed by atoms with Gasteiger partial charge in [0.05, 0.1) is 22.8 Å². The number of benzene rings is 3. The highest BCUT2D eigenvalue weighted by molar-refractivity contribution is 6.30. The summed E-state index contributed by atoms with van der Waals surface area (Å²) in [6, 6.07) is 22.8. The van der Waals surface area contributed by atoms with Crippen molar-refractivity contribution in [1.82, 2.24) is 19.6 Å². The molecule has 0 fully saturated rings. The highest BCUT2D eigenvalue weighted by Crippen LogP contribution is 2.51. The zero-order valence-electron chi connectivity index (χ0n) is 20.9. The second-order valence-corrected chi connectivity index (χ2v) is 10.1. The smallest absolute Gasteiger partial charge is 0.229 e. The molecule has 0 spiro atoms. The fourth-order valence-corrected chi connectivity index (χ4v) is 5.20. The van der Waals surface area contributed by atoms with E-state index in [1.807, 2.05) is 86.6 Å². The summed E-state index contributed by atoms with van der Waals surface area (Å²) < 4.78 is 10.3. The van der Waals surface area contributed by atoms with Gasteiger partial charge in [-0.25, -0.2) is 9.36 Å². The second kappa shape index (κ2) is 9.35. The molecule has 6 rings (SSSR count). The molecule has 3 heterocycles. The first kappa shape index (κ1) is 24.3. The Labute approximate surface area is 229 Å². The number of hydrogen-bond donors (Lipinski definition) is 1. The van der Waals surface area contributed by atoms with Crippen LogP contribution in [0.1, 0.15) is 40.9 Å². The van der Waals surface area contributed by atoms with E-state index < -0.39 is 0 Å². The van der Waals surface area contributed by atoms with Gasteiger partial charge in [-0.05, 0) is 80.1 Å². The van der Waals surface area contributed by atoms with Crippen LogP contribution < -0.4 is 10.1 Å². The van der Waals surface area contributed by atoms with Crippen LogP contribution in [0.2, 0.25) is 10.0 Å². The van der Waals surface area contributed by atoms with Crippen LogP contribution in [0, 0.1) is 13.8 Å². The number of fused-ring (bicyclic) bond motifs is 2. The molecule has 5 aromatic rings. The third-order valence-corrected chi connectivity index (χ3v) is 7.11. The number of hydrogen-bond acceptors (Lipinski definition) is 4. The maximum Gasteiger partial charge on any atom is 0.229 e. The monoisotopic (exact) mass is 543 g/mol. The average molecular weight is 544 g/mol. The maximum atomic E-state index is 11.6. The highest BCUT2D eigenvalue weighted by atomic mass is 35.5. The zero-order valence-corrected chi connectivity index (χ0v) is 22.4. The van der Waals surface area contributed by atoms with Gasteiger partial charge in [0.25, 0.3) is 0 Å². The van der Waals surface area contributed by atoms with Crippen LogP contribution in [0.25, 0.3) is 11.4 Å². The van der Waals surface area contributed by atoms with E-state index in [0.717, 1.165) is 45.1 Å². The Bertz CT molecular complexity index is 1570. The van der Waals surface area contributed by atoms with Crippen LogP contribution in [0.3, 0.4) is 0 Å². The van der Waals surface area contributed by atoms with Crippen LogP contribution in [-0.2, 0) is 4.79 Å². The molecule has 0 saturated heterocycles. The first-order valence-electron chi connectivity index (χ1n) is 12.1. The SMILES string of the molecule is CC(=O)Nc1ccc(C2c3c(C)nn(-c4ccc(Cl)cc4)c3Oc3c2c(C)nn3-c2ccc(Cl)cc2)cc1. The molecule has 0 unspecified atom stereocenters. The molecule has 9 heteroatoms. The summed E-state index contributed by atoms with van der Waals surface area (Å²) in [5.41, 5.74) is 7.02. The Morgan fingerprint density at radius 2 is 1.21 bits per heavy atom. The summed E-state index contributed by atoms with van der Waals surface area (Å²) in [5.74, 6) is 0.919. The lowest BCUT2D eigenvalue weighted by atomic mass is 9.83. The van der Waals surface area contributed by atoms with Crippen molar-refractivity contribution in [2.45, 2.75) is 26.7 Å². The predicted molar refractivity (Wildman–Crippen MR) is 148 cm³/mol. The molecule has 2 aromatic heterocycles. The molecule has 0 radical (unpaired) electrons. The number of nitrogens with zero attached hydrogens (tertiary/aromatic N) is 4. The van der Waals surface area contributed by atoms with E-state index in [4.69, 9.17) is 38.1 Å². The van der Waals surface area contributed by atoms with Crippen LogP contribution in [0.5, 0.6) is 11.8 Å². The number of ether oxygens (including phenoxy) is 1. The molecule has 1 amide bonds. The third-order valence-electron chi connectivity index (χ3n) is 6.60. The van der Waals surface area contributed by atoms with Gasteiger partial charge in [-0.15, -0.1) is 0 Å². The Hall–Kier alpha value is -4.07. The Morgan fingerprint density at radius 3 is 1.63 bits per heavy atom. The minimum Gasteiger partial charge on any atom is -0.420 e. The number of aromatic nitrogens is 4. The summed E-state index contributed by atoms with van der Waals surface area (Å²) in [6.07, 6.45) is 0. The summed E-state index contributed by atoms with van der Waals surface area (Å²) in [7, 11) is 0. The molecule has 0 bridgehead atoms. The minimum absolute atomic E-state index is 0.117.